The van der Waals surface area contributed by atoms with E-state index in [1.807, 2.05) is 6.07 Å². The summed E-state index contributed by atoms with van der Waals surface area (Å²) in [6.45, 7) is 4.89. The maximum atomic E-state index is 5.20. The highest BCUT2D eigenvalue weighted by Gasteiger charge is 2.37. The lowest BCUT2D eigenvalue weighted by molar-refractivity contribution is 1.07. The summed E-state index contributed by atoms with van der Waals surface area (Å²) in [6, 6.07) is 58.2. The van der Waals surface area contributed by atoms with E-state index in [1.165, 1.54) is 37.8 Å². The van der Waals surface area contributed by atoms with E-state index in [2.05, 4.69) is 171 Å². The van der Waals surface area contributed by atoms with Crippen molar-refractivity contribution in [3.05, 3.63) is 164 Å². The molecule has 4 heteroatoms. The first-order valence-corrected chi connectivity index (χ1v) is 19.8. The number of nitrogens with zero attached hydrogens (tertiary/aromatic N) is 3. The Balaban J connectivity index is 1.19. The van der Waals surface area contributed by atoms with Gasteiger partial charge in [0, 0.05) is 16.7 Å². The van der Waals surface area contributed by atoms with Crippen LogP contribution < -0.4 is 10.4 Å². The van der Waals surface area contributed by atoms with Crippen LogP contribution in [0.15, 0.2) is 164 Å². The second kappa shape index (κ2) is 11.6. The Bertz CT molecular complexity index is 2520. The molecule has 0 radical (unpaired) electrons. The molecule has 7 aromatic carbocycles. The van der Waals surface area contributed by atoms with Crippen molar-refractivity contribution in [2.45, 2.75) is 13.1 Å². The van der Waals surface area contributed by atoms with Crippen molar-refractivity contribution >= 4 is 29.2 Å². The van der Waals surface area contributed by atoms with Gasteiger partial charge < -0.3 is 0 Å². The van der Waals surface area contributed by atoms with Gasteiger partial charge in [0.25, 0.3) is 0 Å². The van der Waals surface area contributed by atoms with Crippen LogP contribution in [0, 0.1) is 0 Å². The summed E-state index contributed by atoms with van der Waals surface area (Å²) in [6.07, 6.45) is 0. The largest absolute Gasteiger partial charge is 0.208 e. The van der Waals surface area contributed by atoms with Crippen LogP contribution in [0.1, 0.15) is 0 Å². The Morgan fingerprint density at radius 1 is 0.327 bits per heavy atom. The van der Waals surface area contributed by atoms with Crippen LogP contribution in [0.4, 0.5) is 0 Å². The maximum absolute atomic E-state index is 5.20. The molecule has 0 N–H and O–H groups in total. The minimum absolute atomic E-state index is 0.660. The minimum atomic E-state index is -1.88. The second-order valence-corrected chi connectivity index (χ2v) is 17.6. The SMILES string of the molecule is C[Si]1(C)c2ccccc2-c2ccc(-c3nc(-c4ccc(-c5ccc6ccccc6c5)cc4)nc(-c4ccccc4-c4ccccc4)n3)cc21. The van der Waals surface area contributed by atoms with Gasteiger partial charge in [0.1, 0.15) is 8.07 Å². The predicted molar refractivity (Wildman–Crippen MR) is 207 cm³/mol. The second-order valence-electron chi connectivity index (χ2n) is 13.3. The van der Waals surface area contributed by atoms with Gasteiger partial charge in [-0.2, -0.15) is 0 Å². The molecule has 0 spiro atoms. The van der Waals surface area contributed by atoms with E-state index in [-0.39, 0.29) is 0 Å². The molecule has 8 aromatic rings. The summed E-state index contributed by atoms with van der Waals surface area (Å²) in [5.74, 6) is 2.01. The highest BCUT2D eigenvalue weighted by Crippen LogP contribution is 2.35. The number of fused-ring (bicyclic) bond motifs is 4. The van der Waals surface area contributed by atoms with Crippen molar-refractivity contribution in [1.29, 1.82) is 0 Å². The quantitative estimate of drug-likeness (QED) is 0.175. The van der Waals surface area contributed by atoms with Crippen LogP contribution in [0.5, 0.6) is 0 Å². The molecule has 0 saturated heterocycles. The lowest BCUT2D eigenvalue weighted by atomic mass is 9.99. The van der Waals surface area contributed by atoms with Gasteiger partial charge >= 0.3 is 0 Å². The molecule has 49 heavy (non-hydrogen) atoms. The third-order valence-electron chi connectivity index (χ3n) is 9.96. The number of hydrogen-bond acceptors (Lipinski definition) is 3. The highest BCUT2D eigenvalue weighted by molar-refractivity contribution is 7.03. The maximum Gasteiger partial charge on any atom is 0.164 e. The Labute approximate surface area is 287 Å². The van der Waals surface area contributed by atoms with Crippen LogP contribution in [0.3, 0.4) is 0 Å². The number of hydrogen-bond donors (Lipinski definition) is 0. The predicted octanol–water partition coefficient (Wildman–Crippen LogP) is 10.2. The van der Waals surface area contributed by atoms with E-state index in [9.17, 15) is 0 Å². The van der Waals surface area contributed by atoms with E-state index in [0.717, 1.165) is 33.4 Å². The lowest BCUT2D eigenvalue weighted by Gasteiger charge is -2.19. The zero-order chi connectivity index (χ0) is 33.0. The lowest BCUT2D eigenvalue weighted by Crippen LogP contribution is -2.49. The number of benzene rings is 7. The normalized spacial score (nSPS) is 12.9. The third kappa shape index (κ3) is 5.09. The molecule has 0 bridgehead atoms. The van der Waals surface area contributed by atoms with Crippen molar-refractivity contribution in [3.8, 4) is 67.5 Å². The van der Waals surface area contributed by atoms with Crippen LogP contribution >= 0.6 is 0 Å². The van der Waals surface area contributed by atoms with Gasteiger partial charge in [-0.3, -0.25) is 0 Å². The van der Waals surface area contributed by atoms with Gasteiger partial charge in [-0.05, 0) is 60.6 Å². The molecule has 0 saturated carbocycles. The summed E-state index contributed by atoms with van der Waals surface area (Å²) < 4.78 is 0. The van der Waals surface area contributed by atoms with Crippen molar-refractivity contribution < 1.29 is 0 Å². The van der Waals surface area contributed by atoms with Gasteiger partial charge in [-0.15, -0.1) is 0 Å². The van der Waals surface area contributed by atoms with Crippen molar-refractivity contribution in [3.63, 3.8) is 0 Å². The molecule has 2 heterocycles. The Morgan fingerprint density at radius 2 is 0.878 bits per heavy atom. The smallest absolute Gasteiger partial charge is 0.164 e. The van der Waals surface area contributed by atoms with Crippen molar-refractivity contribution in [2.24, 2.45) is 0 Å². The van der Waals surface area contributed by atoms with Gasteiger partial charge in [0.05, 0.1) is 0 Å². The molecule has 0 unspecified atom stereocenters. The fraction of sp³-hybridized carbons (Fsp3) is 0.0444. The first-order valence-electron chi connectivity index (χ1n) is 16.8. The van der Waals surface area contributed by atoms with Crippen LogP contribution in [-0.4, -0.2) is 23.0 Å². The molecule has 3 nitrogen and oxygen atoms in total. The van der Waals surface area contributed by atoms with Gasteiger partial charge in [-0.1, -0.05) is 171 Å². The average Bonchev–Trinajstić information content (AvgIpc) is 3.40. The fourth-order valence-electron chi connectivity index (χ4n) is 7.33. The fourth-order valence-corrected chi connectivity index (χ4v) is 10.4. The Morgan fingerprint density at radius 3 is 1.67 bits per heavy atom. The molecule has 1 aliphatic rings. The third-order valence-corrected chi connectivity index (χ3v) is 13.5. The monoisotopic (exact) mass is 643 g/mol. The zero-order valence-corrected chi connectivity index (χ0v) is 28.4. The first kappa shape index (κ1) is 29.2. The molecule has 1 aliphatic heterocycles. The topological polar surface area (TPSA) is 38.7 Å². The molecule has 0 fully saturated rings. The average molecular weight is 644 g/mol. The molecule has 232 valence electrons. The number of aromatic nitrogens is 3. The molecule has 0 aliphatic carbocycles. The molecule has 1 aromatic heterocycles. The summed E-state index contributed by atoms with van der Waals surface area (Å²) >= 11 is 0. The van der Waals surface area contributed by atoms with E-state index in [4.69, 9.17) is 15.0 Å². The Kier molecular flexibility index (Phi) is 6.92. The highest BCUT2D eigenvalue weighted by atomic mass is 28.3. The van der Waals surface area contributed by atoms with Gasteiger partial charge in [0.15, 0.2) is 17.5 Å². The van der Waals surface area contributed by atoms with E-state index in [1.54, 1.807) is 0 Å². The van der Waals surface area contributed by atoms with Crippen LogP contribution in [0.25, 0.3) is 78.3 Å². The van der Waals surface area contributed by atoms with E-state index in [0.29, 0.717) is 17.5 Å². The van der Waals surface area contributed by atoms with Gasteiger partial charge in [-0.25, -0.2) is 15.0 Å². The van der Waals surface area contributed by atoms with Gasteiger partial charge in [0.2, 0.25) is 0 Å². The van der Waals surface area contributed by atoms with Crippen LogP contribution in [-0.2, 0) is 0 Å². The molecule has 0 atom stereocenters. The molecule has 0 amide bonds. The van der Waals surface area contributed by atoms with E-state index < -0.39 is 8.07 Å². The Hall–Kier alpha value is -5.97. The molecule has 9 rings (SSSR count). The van der Waals surface area contributed by atoms with Crippen molar-refractivity contribution in [1.82, 2.24) is 15.0 Å². The van der Waals surface area contributed by atoms with Crippen LogP contribution in [0.2, 0.25) is 13.1 Å². The first-order chi connectivity index (χ1) is 24.0. The summed E-state index contributed by atoms with van der Waals surface area (Å²) in [5.41, 5.74) is 10.2. The summed E-state index contributed by atoms with van der Waals surface area (Å²) in [4.78, 5) is 15.5. The standard InChI is InChI=1S/C45H33N3Si/c1-49(2)41-19-11-10-17-38(41)39-27-26-36(29-42(39)49)44-46-43(47-45(48-44)40-18-9-8-16-37(40)32-13-4-3-5-14-32)33-23-20-31(21-24-33)35-25-22-30-12-6-7-15-34(30)28-35/h3-29H,1-2H3. The zero-order valence-electron chi connectivity index (χ0n) is 27.4. The molecular formula is C45H33N3Si. The summed E-state index contributed by atoms with van der Waals surface area (Å²) in [5, 5.41) is 5.39. The number of rotatable bonds is 5. The molecular weight excluding hydrogens is 611 g/mol. The summed E-state index contributed by atoms with van der Waals surface area (Å²) in [7, 11) is -1.88. The van der Waals surface area contributed by atoms with Crippen molar-refractivity contribution in [2.75, 3.05) is 0 Å². The van der Waals surface area contributed by atoms with E-state index >= 15 is 0 Å². The minimum Gasteiger partial charge on any atom is -0.208 e.